The van der Waals surface area contributed by atoms with Gasteiger partial charge < -0.3 is 0 Å². The summed E-state index contributed by atoms with van der Waals surface area (Å²) >= 11 is 12.3. The SMILES string of the molecule is N[N+]1(C(c2ccc(F)cc2)c2ccc(Cl)cc2Cl)C=NC=N1. The Bertz CT molecular complexity index is 747. The van der Waals surface area contributed by atoms with Gasteiger partial charge in [-0.3, -0.25) is 0 Å². The molecule has 1 heterocycles. The molecular formula is C15H12Cl2FN4+. The van der Waals surface area contributed by atoms with Gasteiger partial charge >= 0.3 is 0 Å². The van der Waals surface area contributed by atoms with Crippen LogP contribution in [0, 0.1) is 5.82 Å². The van der Waals surface area contributed by atoms with Gasteiger partial charge in [-0.2, -0.15) is 4.99 Å². The van der Waals surface area contributed by atoms with Crippen LogP contribution in [0.1, 0.15) is 17.2 Å². The first-order chi connectivity index (χ1) is 10.5. The molecule has 2 atom stereocenters. The van der Waals surface area contributed by atoms with Crippen molar-refractivity contribution in [3.05, 3.63) is 69.5 Å². The maximum absolute atomic E-state index is 13.2. The molecule has 0 saturated carbocycles. The minimum Gasteiger partial charge on any atom is -0.207 e. The molecule has 7 heteroatoms. The lowest BCUT2D eigenvalue weighted by Crippen LogP contribution is -2.50. The minimum atomic E-state index is -0.465. The molecule has 0 aromatic heterocycles. The van der Waals surface area contributed by atoms with Crippen LogP contribution < -0.4 is 5.84 Å². The van der Waals surface area contributed by atoms with Crippen LogP contribution in [0.25, 0.3) is 0 Å². The molecule has 0 aliphatic carbocycles. The Labute approximate surface area is 136 Å². The van der Waals surface area contributed by atoms with Crippen molar-refractivity contribution in [1.82, 2.24) is 0 Å². The predicted octanol–water partition coefficient (Wildman–Crippen LogP) is 3.90. The average Bonchev–Trinajstić information content (AvgIpc) is 2.91. The fourth-order valence-corrected chi connectivity index (χ4v) is 2.94. The third-order valence-corrected chi connectivity index (χ3v) is 3.99. The Morgan fingerprint density at radius 1 is 1.09 bits per heavy atom. The zero-order chi connectivity index (χ0) is 15.7. The molecule has 0 saturated heterocycles. The maximum Gasteiger partial charge on any atom is 0.239 e. The fourth-order valence-electron chi connectivity index (χ4n) is 2.43. The lowest BCUT2D eigenvalue weighted by molar-refractivity contribution is -0.877. The normalized spacial score (nSPS) is 21.3. The summed E-state index contributed by atoms with van der Waals surface area (Å²) < 4.78 is 12.9. The zero-order valence-corrected chi connectivity index (χ0v) is 12.8. The van der Waals surface area contributed by atoms with E-state index >= 15 is 0 Å². The van der Waals surface area contributed by atoms with Crippen LogP contribution >= 0.6 is 23.2 Å². The molecule has 22 heavy (non-hydrogen) atoms. The predicted molar refractivity (Wildman–Crippen MR) is 86.1 cm³/mol. The highest BCUT2D eigenvalue weighted by Gasteiger charge is 2.39. The van der Waals surface area contributed by atoms with Crippen LogP contribution in [-0.2, 0) is 0 Å². The summed E-state index contributed by atoms with van der Waals surface area (Å²) in [5, 5.41) is 5.17. The van der Waals surface area contributed by atoms with Gasteiger partial charge in [0, 0.05) is 16.1 Å². The molecule has 2 aromatic rings. The summed E-state index contributed by atoms with van der Waals surface area (Å²) in [4.78, 5) is 3.96. The van der Waals surface area contributed by atoms with E-state index in [9.17, 15) is 4.39 Å². The quantitative estimate of drug-likeness (QED) is 0.670. The number of aliphatic imine (C=N–C) groups is 1. The van der Waals surface area contributed by atoms with Crippen molar-refractivity contribution in [2.24, 2.45) is 15.9 Å². The number of benzene rings is 2. The van der Waals surface area contributed by atoms with Gasteiger partial charge in [0.1, 0.15) is 5.82 Å². The van der Waals surface area contributed by atoms with Gasteiger partial charge in [-0.15, -0.1) is 5.84 Å². The van der Waals surface area contributed by atoms with Gasteiger partial charge in [0.05, 0.1) is 5.02 Å². The zero-order valence-electron chi connectivity index (χ0n) is 11.3. The summed E-state index contributed by atoms with van der Waals surface area (Å²) in [5.74, 6) is 5.99. The lowest BCUT2D eigenvalue weighted by Gasteiger charge is -2.29. The Morgan fingerprint density at radius 2 is 1.82 bits per heavy atom. The van der Waals surface area contributed by atoms with E-state index in [0.717, 1.165) is 11.1 Å². The summed E-state index contributed by atoms with van der Waals surface area (Å²) in [6.45, 7) is 0. The van der Waals surface area contributed by atoms with E-state index < -0.39 is 6.04 Å². The van der Waals surface area contributed by atoms with Crippen LogP contribution in [0.2, 0.25) is 10.0 Å². The first-order valence-electron chi connectivity index (χ1n) is 6.45. The van der Waals surface area contributed by atoms with Crippen molar-refractivity contribution in [2.75, 3.05) is 0 Å². The summed E-state index contributed by atoms with van der Waals surface area (Å²) in [5.41, 5.74) is 1.49. The average molecular weight is 338 g/mol. The summed E-state index contributed by atoms with van der Waals surface area (Å²) in [6, 6.07) is 10.7. The monoisotopic (exact) mass is 337 g/mol. The molecule has 0 fully saturated rings. The molecule has 0 bridgehead atoms. The lowest BCUT2D eigenvalue weighted by atomic mass is 9.97. The van der Waals surface area contributed by atoms with Crippen LogP contribution in [0.15, 0.2) is 52.6 Å². The third kappa shape index (κ3) is 2.76. The van der Waals surface area contributed by atoms with E-state index in [1.807, 2.05) is 0 Å². The maximum atomic E-state index is 13.2. The van der Waals surface area contributed by atoms with E-state index in [2.05, 4.69) is 10.1 Å². The molecule has 3 rings (SSSR count). The number of rotatable bonds is 3. The molecule has 0 radical (unpaired) electrons. The van der Waals surface area contributed by atoms with Crippen molar-refractivity contribution in [3.63, 3.8) is 0 Å². The Hall–Kier alpha value is -1.79. The molecule has 2 aromatic carbocycles. The van der Waals surface area contributed by atoms with Gasteiger partial charge in [0.25, 0.3) is 0 Å². The largest absolute Gasteiger partial charge is 0.239 e. The smallest absolute Gasteiger partial charge is 0.207 e. The minimum absolute atomic E-state index is 0.326. The highest BCUT2D eigenvalue weighted by Crippen LogP contribution is 2.37. The molecule has 112 valence electrons. The van der Waals surface area contributed by atoms with E-state index in [0.29, 0.717) is 10.0 Å². The van der Waals surface area contributed by atoms with Gasteiger partial charge in [-0.25, -0.2) is 4.39 Å². The first kappa shape index (κ1) is 15.1. The second-order valence-corrected chi connectivity index (χ2v) is 5.75. The number of nitrogens with zero attached hydrogens (tertiary/aromatic N) is 3. The van der Waals surface area contributed by atoms with E-state index in [1.54, 1.807) is 30.3 Å². The van der Waals surface area contributed by atoms with Crippen LogP contribution in [0.5, 0.6) is 0 Å². The van der Waals surface area contributed by atoms with Gasteiger partial charge in [0.15, 0.2) is 12.4 Å². The number of halogens is 3. The first-order valence-corrected chi connectivity index (χ1v) is 7.21. The standard InChI is InChI=1S/C15H12Cl2FN4/c16-11-3-6-13(14(17)7-11)15(22(19)9-20-8-21-22)10-1-4-12(18)5-2-10/h1-9,15H,19H2/q+1. The van der Waals surface area contributed by atoms with Crippen molar-refractivity contribution in [3.8, 4) is 0 Å². The van der Waals surface area contributed by atoms with Crippen molar-refractivity contribution in [1.29, 1.82) is 0 Å². The van der Waals surface area contributed by atoms with E-state index in [-0.39, 0.29) is 10.5 Å². The van der Waals surface area contributed by atoms with Gasteiger partial charge in [0.2, 0.25) is 6.34 Å². The molecule has 0 amide bonds. The number of hydrogen-bond donors (Lipinski definition) is 1. The van der Waals surface area contributed by atoms with Crippen LogP contribution in [0.4, 0.5) is 4.39 Å². The third-order valence-electron chi connectivity index (χ3n) is 3.43. The molecule has 2 unspecified atom stereocenters. The van der Waals surface area contributed by atoms with E-state index in [1.165, 1.54) is 24.8 Å². The molecule has 2 N–H and O–H groups in total. The molecule has 0 spiro atoms. The van der Waals surface area contributed by atoms with Crippen molar-refractivity contribution in [2.45, 2.75) is 6.04 Å². The second kappa shape index (κ2) is 5.78. The highest BCUT2D eigenvalue weighted by molar-refractivity contribution is 6.35. The summed E-state index contributed by atoms with van der Waals surface area (Å²) in [7, 11) is 0. The van der Waals surface area contributed by atoms with Gasteiger partial charge in [-0.05, 0) is 47.6 Å². The Morgan fingerprint density at radius 3 is 2.41 bits per heavy atom. The Balaban J connectivity index is 2.17. The number of hydrogen-bond acceptors (Lipinski definition) is 3. The molecule has 1 aliphatic heterocycles. The van der Waals surface area contributed by atoms with Gasteiger partial charge in [-0.1, -0.05) is 27.9 Å². The molecular weight excluding hydrogens is 326 g/mol. The second-order valence-electron chi connectivity index (χ2n) is 4.91. The highest BCUT2D eigenvalue weighted by atomic mass is 35.5. The summed E-state index contributed by atoms with van der Waals surface area (Å²) in [6.07, 6.45) is 2.87. The Kier molecular flexibility index (Phi) is 3.97. The van der Waals surface area contributed by atoms with Crippen molar-refractivity contribution < 1.29 is 9.09 Å². The van der Waals surface area contributed by atoms with Crippen molar-refractivity contribution >= 4 is 35.9 Å². The number of nitrogens with two attached hydrogens (primary N) is 1. The van der Waals surface area contributed by atoms with E-state index in [4.69, 9.17) is 29.0 Å². The fraction of sp³-hybridized carbons (Fsp3) is 0.0667. The van der Waals surface area contributed by atoms with Crippen LogP contribution in [-0.4, -0.2) is 17.4 Å². The number of quaternary nitrogens is 1. The topological polar surface area (TPSA) is 50.7 Å². The van der Waals surface area contributed by atoms with Crippen LogP contribution in [0.3, 0.4) is 0 Å². The molecule has 4 nitrogen and oxygen atoms in total. The molecule has 1 aliphatic rings.